The second kappa shape index (κ2) is 7.81. The van der Waals surface area contributed by atoms with Crippen molar-refractivity contribution in [2.24, 2.45) is 0 Å². The van der Waals surface area contributed by atoms with E-state index in [4.69, 9.17) is 6.42 Å². The molecule has 2 rings (SSSR count). The minimum Gasteiger partial charge on any atom is -0.115 e. The summed E-state index contributed by atoms with van der Waals surface area (Å²) in [6, 6.07) is 21.2. The van der Waals surface area contributed by atoms with Gasteiger partial charge in [-0.15, -0.1) is 6.42 Å². The van der Waals surface area contributed by atoms with Crippen LogP contribution in [-0.4, -0.2) is 0 Å². The van der Waals surface area contributed by atoms with Crippen molar-refractivity contribution >= 4 is 0 Å². The van der Waals surface area contributed by atoms with Gasteiger partial charge in [-0.25, -0.2) is 0 Å². The van der Waals surface area contributed by atoms with Gasteiger partial charge < -0.3 is 0 Å². The standard InChI is InChI=1S/C20H18/c1-2-3-4-5-12-17-20(18-13-8-6-9-14-18)19-15-10-7-11-16-19/h1,3-16,20H,17H2/b4-3-,12-5-. The highest BCUT2D eigenvalue weighted by molar-refractivity contribution is 5.33. The molecular formula is C20H18. The van der Waals surface area contributed by atoms with Crippen molar-refractivity contribution in [3.05, 3.63) is 96.1 Å². The Morgan fingerprint density at radius 2 is 1.40 bits per heavy atom. The fourth-order valence-electron chi connectivity index (χ4n) is 2.24. The van der Waals surface area contributed by atoms with Gasteiger partial charge >= 0.3 is 0 Å². The molecule has 0 bridgehead atoms. The Kier molecular flexibility index (Phi) is 5.43. The van der Waals surface area contributed by atoms with Crippen LogP contribution in [0.2, 0.25) is 0 Å². The van der Waals surface area contributed by atoms with Crippen LogP contribution in [0.3, 0.4) is 0 Å². The molecule has 0 aromatic heterocycles. The Labute approximate surface area is 121 Å². The van der Waals surface area contributed by atoms with Crippen molar-refractivity contribution < 1.29 is 0 Å². The monoisotopic (exact) mass is 258 g/mol. The average molecular weight is 258 g/mol. The smallest absolute Gasteiger partial charge is 0.0124 e. The molecule has 20 heavy (non-hydrogen) atoms. The molecule has 0 unspecified atom stereocenters. The highest BCUT2D eigenvalue weighted by Crippen LogP contribution is 2.28. The maximum atomic E-state index is 5.18. The first kappa shape index (κ1) is 13.9. The lowest BCUT2D eigenvalue weighted by Gasteiger charge is -2.16. The number of allylic oxidation sites excluding steroid dienone is 4. The summed E-state index contributed by atoms with van der Waals surface area (Å²) in [6.45, 7) is 0. The third-order valence-electron chi connectivity index (χ3n) is 3.22. The van der Waals surface area contributed by atoms with Gasteiger partial charge in [-0.05, 0) is 23.6 Å². The summed E-state index contributed by atoms with van der Waals surface area (Å²) in [5, 5.41) is 0. The molecule has 0 aliphatic heterocycles. The van der Waals surface area contributed by atoms with Gasteiger partial charge in [0.15, 0.2) is 0 Å². The second-order valence-corrected chi connectivity index (χ2v) is 4.56. The van der Waals surface area contributed by atoms with Crippen LogP contribution in [0.15, 0.2) is 85.0 Å². The van der Waals surface area contributed by atoms with Crippen molar-refractivity contribution in [3.63, 3.8) is 0 Å². The summed E-state index contributed by atoms with van der Waals surface area (Å²) in [5.41, 5.74) is 2.67. The molecule has 0 fully saturated rings. The van der Waals surface area contributed by atoms with E-state index in [9.17, 15) is 0 Å². The van der Waals surface area contributed by atoms with Crippen LogP contribution in [0.1, 0.15) is 23.5 Å². The lowest BCUT2D eigenvalue weighted by molar-refractivity contribution is 0.829. The Morgan fingerprint density at radius 1 is 0.850 bits per heavy atom. The van der Waals surface area contributed by atoms with Crippen LogP contribution >= 0.6 is 0 Å². The van der Waals surface area contributed by atoms with Gasteiger partial charge in [-0.1, -0.05) is 84.8 Å². The first-order valence-electron chi connectivity index (χ1n) is 6.79. The van der Waals surface area contributed by atoms with Crippen LogP contribution in [-0.2, 0) is 0 Å². The summed E-state index contributed by atoms with van der Waals surface area (Å²) < 4.78 is 0. The van der Waals surface area contributed by atoms with Crippen molar-refractivity contribution in [1.82, 2.24) is 0 Å². The van der Waals surface area contributed by atoms with Crippen LogP contribution in [0.25, 0.3) is 0 Å². The molecule has 0 spiro atoms. The van der Waals surface area contributed by atoms with E-state index in [1.807, 2.05) is 12.2 Å². The highest BCUT2D eigenvalue weighted by atomic mass is 14.1. The molecule has 0 atom stereocenters. The number of benzene rings is 2. The van der Waals surface area contributed by atoms with Crippen molar-refractivity contribution in [2.45, 2.75) is 12.3 Å². The van der Waals surface area contributed by atoms with E-state index in [2.05, 4.69) is 72.7 Å². The maximum absolute atomic E-state index is 5.18. The summed E-state index contributed by atoms with van der Waals surface area (Å²) in [4.78, 5) is 0. The van der Waals surface area contributed by atoms with E-state index in [0.717, 1.165) is 6.42 Å². The fraction of sp³-hybridized carbons (Fsp3) is 0.100. The summed E-state index contributed by atoms with van der Waals surface area (Å²) >= 11 is 0. The second-order valence-electron chi connectivity index (χ2n) is 4.56. The Morgan fingerprint density at radius 3 is 1.90 bits per heavy atom. The van der Waals surface area contributed by atoms with E-state index >= 15 is 0 Å². The molecule has 0 heteroatoms. The summed E-state index contributed by atoms with van der Waals surface area (Å²) in [7, 11) is 0. The van der Waals surface area contributed by atoms with E-state index < -0.39 is 0 Å². The molecule has 0 saturated heterocycles. The predicted molar refractivity (Wildman–Crippen MR) is 86.5 cm³/mol. The molecule has 98 valence electrons. The Bertz CT molecular complexity index is 558. The SMILES string of the molecule is C#C/C=C\C=C/CC(c1ccccc1)c1ccccc1. The average Bonchev–Trinajstić information content (AvgIpc) is 2.53. The summed E-state index contributed by atoms with van der Waals surface area (Å²) in [5.74, 6) is 2.87. The zero-order chi connectivity index (χ0) is 14.0. The largest absolute Gasteiger partial charge is 0.115 e. The summed E-state index contributed by atoms with van der Waals surface area (Å²) in [6.07, 6.45) is 13.9. The Balaban J connectivity index is 2.20. The number of terminal acetylenes is 1. The normalized spacial score (nSPS) is 11.2. The van der Waals surface area contributed by atoms with Crippen molar-refractivity contribution in [1.29, 1.82) is 0 Å². The van der Waals surface area contributed by atoms with Gasteiger partial charge in [0.1, 0.15) is 0 Å². The number of hydrogen-bond acceptors (Lipinski definition) is 0. The topological polar surface area (TPSA) is 0 Å². The predicted octanol–water partition coefficient (Wildman–Crippen LogP) is 4.95. The molecular weight excluding hydrogens is 240 g/mol. The van der Waals surface area contributed by atoms with Gasteiger partial charge in [0.2, 0.25) is 0 Å². The molecule has 0 amide bonds. The zero-order valence-electron chi connectivity index (χ0n) is 11.4. The molecule has 0 heterocycles. The van der Waals surface area contributed by atoms with Gasteiger partial charge in [0, 0.05) is 5.92 Å². The molecule has 0 radical (unpaired) electrons. The molecule has 0 aliphatic rings. The van der Waals surface area contributed by atoms with Crippen molar-refractivity contribution in [2.75, 3.05) is 0 Å². The quantitative estimate of drug-likeness (QED) is 0.525. The lowest BCUT2D eigenvalue weighted by atomic mass is 9.88. The third-order valence-corrected chi connectivity index (χ3v) is 3.22. The molecule has 0 saturated carbocycles. The van der Waals surface area contributed by atoms with Crippen LogP contribution < -0.4 is 0 Å². The third kappa shape index (κ3) is 4.00. The first-order valence-corrected chi connectivity index (χ1v) is 6.79. The molecule has 2 aromatic rings. The lowest BCUT2D eigenvalue weighted by Crippen LogP contribution is -1.99. The highest BCUT2D eigenvalue weighted by Gasteiger charge is 2.11. The first-order chi connectivity index (χ1) is 9.92. The molecule has 2 aromatic carbocycles. The van der Waals surface area contributed by atoms with Crippen LogP contribution in [0, 0.1) is 12.3 Å². The van der Waals surface area contributed by atoms with Gasteiger partial charge in [0.05, 0.1) is 0 Å². The fourth-order valence-corrected chi connectivity index (χ4v) is 2.24. The maximum Gasteiger partial charge on any atom is 0.0124 e. The van der Waals surface area contributed by atoms with E-state index in [-0.39, 0.29) is 0 Å². The molecule has 0 nitrogen and oxygen atoms in total. The molecule has 0 aliphatic carbocycles. The molecule has 0 N–H and O–H groups in total. The minimum atomic E-state index is 0.382. The van der Waals surface area contributed by atoms with E-state index in [0.29, 0.717) is 5.92 Å². The van der Waals surface area contributed by atoms with Crippen LogP contribution in [0.5, 0.6) is 0 Å². The van der Waals surface area contributed by atoms with E-state index in [1.165, 1.54) is 11.1 Å². The van der Waals surface area contributed by atoms with Gasteiger partial charge in [-0.2, -0.15) is 0 Å². The minimum absolute atomic E-state index is 0.382. The van der Waals surface area contributed by atoms with Crippen molar-refractivity contribution in [3.8, 4) is 12.3 Å². The zero-order valence-corrected chi connectivity index (χ0v) is 11.4. The number of rotatable bonds is 5. The van der Waals surface area contributed by atoms with E-state index in [1.54, 1.807) is 6.08 Å². The Hall–Kier alpha value is -2.52. The number of hydrogen-bond donors (Lipinski definition) is 0. The van der Waals surface area contributed by atoms with Gasteiger partial charge in [-0.3, -0.25) is 0 Å². The van der Waals surface area contributed by atoms with Crippen LogP contribution in [0.4, 0.5) is 0 Å². The van der Waals surface area contributed by atoms with Gasteiger partial charge in [0.25, 0.3) is 0 Å².